The number of carbonyl (C=O) groups excluding carboxylic acids is 1. The van der Waals surface area contributed by atoms with Crippen molar-refractivity contribution in [3.8, 4) is 0 Å². The molecule has 0 radical (unpaired) electrons. The molecule has 4 nitrogen and oxygen atoms in total. The maximum atomic E-state index is 11.9. The van der Waals surface area contributed by atoms with Crippen molar-refractivity contribution in [2.45, 2.75) is 0 Å². The van der Waals surface area contributed by atoms with Crippen molar-refractivity contribution in [3.05, 3.63) is 22.6 Å². The quantitative estimate of drug-likeness (QED) is 0.782. The Balaban J connectivity index is 2.09. The molecule has 1 fully saturated rings. The Kier molecular flexibility index (Phi) is 3.25. The van der Waals surface area contributed by atoms with Gasteiger partial charge in [-0.15, -0.1) is 0 Å². The first-order valence-corrected chi connectivity index (χ1v) is 6.84. The molecule has 0 N–H and O–H groups in total. The van der Waals surface area contributed by atoms with Crippen molar-refractivity contribution in [1.82, 2.24) is 4.90 Å². The molecular weight excluding hydrogens is 282 g/mol. The molecule has 1 aromatic heterocycles. The zero-order valence-corrected chi connectivity index (χ0v) is 10.3. The molecule has 0 spiro atoms. The van der Waals surface area contributed by atoms with E-state index in [1.54, 1.807) is 11.0 Å². The number of rotatable bonds is 1. The molecule has 0 unspecified atom stereocenters. The highest BCUT2D eigenvalue weighted by atomic mass is 79.9. The van der Waals surface area contributed by atoms with E-state index in [0.717, 1.165) is 0 Å². The van der Waals surface area contributed by atoms with E-state index in [0.29, 0.717) is 34.8 Å². The van der Waals surface area contributed by atoms with Crippen LogP contribution in [0.5, 0.6) is 0 Å². The molecule has 0 bridgehead atoms. The lowest BCUT2D eigenvalue weighted by molar-refractivity contribution is 0.0738. The van der Waals surface area contributed by atoms with Gasteiger partial charge in [0.1, 0.15) is 0 Å². The number of amides is 1. The van der Waals surface area contributed by atoms with Gasteiger partial charge in [0.25, 0.3) is 5.91 Å². The molecule has 0 saturated carbocycles. The van der Waals surface area contributed by atoms with Gasteiger partial charge in [-0.05, 0) is 22.0 Å². The summed E-state index contributed by atoms with van der Waals surface area (Å²) in [5.74, 6) is 1.31. The van der Waals surface area contributed by atoms with Crippen LogP contribution in [0.15, 0.2) is 21.2 Å². The van der Waals surface area contributed by atoms with Gasteiger partial charge in [0, 0.05) is 35.4 Å². The predicted octanol–water partition coefficient (Wildman–Crippen LogP) is 1.25. The molecule has 2 rings (SSSR count). The van der Waals surface area contributed by atoms with E-state index in [1.165, 1.54) is 6.26 Å². The average molecular weight is 292 g/mol. The third-order valence-electron chi connectivity index (χ3n) is 2.28. The van der Waals surface area contributed by atoms with Crippen molar-refractivity contribution < 1.29 is 13.4 Å². The molecule has 1 aliphatic rings. The summed E-state index contributed by atoms with van der Waals surface area (Å²) in [5, 5.41) is 0. The summed E-state index contributed by atoms with van der Waals surface area (Å²) in [4.78, 5) is 13.6. The number of carbonyl (C=O) groups is 1. The van der Waals surface area contributed by atoms with Crippen LogP contribution in [-0.4, -0.2) is 39.6 Å². The van der Waals surface area contributed by atoms with Crippen molar-refractivity contribution in [1.29, 1.82) is 0 Å². The molecule has 15 heavy (non-hydrogen) atoms. The summed E-state index contributed by atoms with van der Waals surface area (Å²) < 4.78 is 16.9. The van der Waals surface area contributed by atoms with Crippen molar-refractivity contribution in [2.75, 3.05) is 24.6 Å². The van der Waals surface area contributed by atoms with Gasteiger partial charge in [0.15, 0.2) is 0 Å². The van der Waals surface area contributed by atoms with Crippen LogP contribution in [0.2, 0.25) is 0 Å². The second kappa shape index (κ2) is 4.49. The summed E-state index contributed by atoms with van der Waals surface area (Å²) in [5.41, 5.74) is 0. The van der Waals surface area contributed by atoms with Crippen LogP contribution >= 0.6 is 15.9 Å². The Morgan fingerprint density at radius 1 is 1.47 bits per heavy atom. The molecule has 1 saturated heterocycles. The van der Waals surface area contributed by atoms with Crippen LogP contribution in [0.4, 0.5) is 0 Å². The fourth-order valence-electron chi connectivity index (χ4n) is 1.43. The topological polar surface area (TPSA) is 50.5 Å². The van der Waals surface area contributed by atoms with Gasteiger partial charge in [0.2, 0.25) is 5.76 Å². The van der Waals surface area contributed by atoms with E-state index in [2.05, 4.69) is 15.9 Å². The Labute approximate surface area is 98.2 Å². The van der Waals surface area contributed by atoms with Crippen molar-refractivity contribution >= 4 is 32.6 Å². The van der Waals surface area contributed by atoms with Crippen LogP contribution in [0.1, 0.15) is 10.6 Å². The molecule has 2 heterocycles. The Hall–Kier alpha value is -0.620. The minimum Gasteiger partial charge on any atom is -0.458 e. The Bertz CT molecular complexity index is 394. The molecule has 0 aliphatic carbocycles. The first-order valence-electron chi connectivity index (χ1n) is 4.56. The second-order valence-corrected chi connectivity index (χ2v) is 5.79. The highest BCUT2D eigenvalue weighted by Gasteiger charge is 2.24. The first-order chi connectivity index (χ1) is 7.18. The largest absolute Gasteiger partial charge is 0.458 e. The van der Waals surface area contributed by atoms with E-state index in [-0.39, 0.29) is 5.91 Å². The fourth-order valence-corrected chi connectivity index (χ4v) is 2.85. The highest BCUT2D eigenvalue weighted by molar-refractivity contribution is 9.10. The smallest absolute Gasteiger partial charge is 0.290 e. The standard InChI is InChI=1S/C9H10BrNO3S/c10-7-1-4-14-8(7)9(12)11-2-5-15(13)6-3-11/h1,4H,2-3,5-6H2. The van der Waals surface area contributed by atoms with Gasteiger partial charge in [-0.1, -0.05) is 0 Å². The minimum absolute atomic E-state index is 0.136. The molecule has 0 atom stereocenters. The zero-order valence-electron chi connectivity index (χ0n) is 7.94. The number of halogens is 1. The van der Waals surface area contributed by atoms with Gasteiger partial charge in [-0.3, -0.25) is 9.00 Å². The summed E-state index contributed by atoms with van der Waals surface area (Å²) in [6.07, 6.45) is 1.47. The van der Waals surface area contributed by atoms with Crippen molar-refractivity contribution in [2.24, 2.45) is 0 Å². The lowest BCUT2D eigenvalue weighted by Crippen LogP contribution is -2.41. The summed E-state index contributed by atoms with van der Waals surface area (Å²) in [6.45, 7) is 1.08. The van der Waals surface area contributed by atoms with E-state index < -0.39 is 10.8 Å². The van der Waals surface area contributed by atoms with E-state index in [1.807, 2.05) is 0 Å². The van der Waals surface area contributed by atoms with Crippen LogP contribution in [0.25, 0.3) is 0 Å². The Morgan fingerprint density at radius 2 is 2.13 bits per heavy atom. The number of hydrogen-bond acceptors (Lipinski definition) is 3. The maximum Gasteiger partial charge on any atom is 0.290 e. The summed E-state index contributed by atoms with van der Waals surface area (Å²) >= 11 is 3.24. The fraction of sp³-hybridized carbons (Fsp3) is 0.444. The molecule has 0 aromatic carbocycles. The second-order valence-electron chi connectivity index (χ2n) is 3.24. The SMILES string of the molecule is O=C(c1occc1Br)N1CCS(=O)CC1. The Morgan fingerprint density at radius 3 is 2.67 bits per heavy atom. The minimum atomic E-state index is -0.766. The molecule has 1 aliphatic heterocycles. The lowest BCUT2D eigenvalue weighted by Gasteiger charge is -2.25. The van der Waals surface area contributed by atoms with E-state index in [9.17, 15) is 9.00 Å². The number of nitrogens with zero attached hydrogens (tertiary/aromatic N) is 1. The number of hydrogen-bond donors (Lipinski definition) is 0. The highest BCUT2D eigenvalue weighted by Crippen LogP contribution is 2.19. The third-order valence-corrected chi connectivity index (χ3v) is 4.18. The molecular formula is C9H10BrNO3S. The van der Waals surface area contributed by atoms with E-state index in [4.69, 9.17) is 4.42 Å². The van der Waals surface area contributed by atoms with Crippen molar-refractivity contribution in [3.63, 3.8) is 0 Å². The first kappa shape index (κ1) is 10.9. The zero-order chi connectivity index (χ0) is 10.8. The predicted molar refractivity (Wildman–Crippen MR) is 60.2 cm³/mol. The summed E-state index contributed by atoms with van der Waals surface area (Å²) in [6, 6.07) is 1.69. The average Bonchev–Trinajstić information content (AvgIpc) is 2.65. The van der Waals surface area contributed by atoms with Gasteiger partial charge < -0.3 is 9.32 Å². The molecule has 1 aromatic rings. The van der Waals surface area contributed by atoms with Crippen LogP contribution in [0.3, 0.4) is 0 Å². The number of furan rings is 1. The third kappa shape index (κ3) is 2.31. The van der Waals surface area contributed by atoms with Crippen LogP contribution in [0, 0.1) is 0 Å². The molecule has 82 valence electrons. The van der Waals surface area contributed by atoms with Crippen LogP contribution < -0.4 is 0 Å². The molecule has 6 heteroatoms. The summed E-state index contributed by atoms with van der Waals surface area (Å²) in [7, 11) is -0.766. The van der Waals surface area contributed by atoms with Gasteiger partial charge in [0.05, 0.1) is 10.7 Å². The van der Waals surface area contributed by atoms with E-state index >= 15 is 0 Å². The van der Waals surface area contributed by atoms with Gasteiger partial charge in [-0.25, -0.2) is 0 Å². The molecule has 1 amide bonds. The van der Waals surface area contributed by atoms with Gasteiger partial charge in [-0.2, -0.15) is 0 Å². The monoisotopic (exact) mass is 291 g/mol. The van der Waals surface area contributed by atoms with Crippen LogP contribution in [-0.2, 0) is 10.8 Å². The normalized spacial score (nSPS) is 18.1. The maximum absolute atomic E-state index is 11.9. The van der Waals surface area contributed by atoms with Gasteiger partial charge >= 0.3 is 0 Å². The lowest BCUT2D eigenvalue weighted by atomic mass is 10.3.